The Bertz CT molecular complexity index is 329. The third-order valence-electron chi connectivity index (χ3n) is 2.74. The maximum atomic E-state index is 12.0. The highest BCUT2D eigenvalue weighted by atomic mass is 32.2. The normalized spacial score (nSPS) is 20.4. The molecular formula is C10H18O5S. The predicted octanol–water partition coefficient (Wildman–Crippen LogP) is 0.532. The van der Waals surface area contributed by atoms with E-state index in [9.17, 15) is 13.2 Å². The standard InChI is InChI=1S/C10H18O5S/c1-3-15-10(11)8(2)16(12,13)9-4-6-14-7-5-9/h8-9H,3-7H2,1-2H3. The van der Waals surface area contributed by atoms with Crippen molar-refractivity contribution in [1.29, 1.82) is 0 Å². The van der Waals surface area contributed by atoms with Gasteiger partial charge in [0.15, 0.2) is 15.1 Å². The highest BCUT2D eigenvalue weighted by Crippen LogP contribution is 2.20. The zero-order valence-corrected chi connectivity index (χ0v) is 10.5. The molecule has 1 atom stereocenters. The van der Waals surface area contributed by atoms with Crippen LogP contribution >= 0.6 is 0 Å². The lowest BCUT2D eigenvalue weighted by molar-refractivity contribution is -0.142. The van der Waals surface area contributed by atoms with Gasteiger partial charge in [-0.25, -0.2) is 8.42 Å². The van der Waals surface area contributed by atoms with Gasteiger partial charge < -0.3 is 9.47 Å². The van der Waals surface area contributed by atoms with E-state index in [1.54, 1.807) is 6.92 Å². The Kier molecular flexibility index (Phi) is 4.73. The van der Waals surface area contributed by atoms with Crippen LogP contribution in [-0.2, 0) is 24.1 Å². The first-order valence-electron chi connectivity index (χ1n) is 5.47. The summed E-state index contributed by atoms with van der Waals surface area (Å²) in [4.78, 5) is 11.4. The van der Waals surface area contributed by atoms with Gasteiger partial charge in [-0.3, -0.25) is 4.79 Å². The molecule has 1 aliphatic heterocycles. The molecule has 16 heavy (non-hydrogen) atoms. The van der Waals surface area contributed by atoms with E-state index in [4.69, 9.17) is 9.47 Å². The third kappa shape index (κ3) is 2.95. The molecule has 5 nitrogen and oxygen atoms in total. The second-order valence-electron chi connectivity index (χ2n) is 3.80. The van der Waals surface area contributed by atoms with Gasteiger partial charge in [-0.1, -0.05) is 0 Å². The molecule has 1 aliphatic rings. The third-order valence-corrected chi connectivity index (χ3v) is 5.32. The van der Waals surface area contributed by atoms with E-state index in [0.717, 1.165) is 0 Å². The summed E-state index contributed by atoms with van der Waals surface area (Å²) in [5.74, 6) is -0.658. The fourth-order valence-corrected chi connectivity index (χ4v) is 3.45. The molecule has 0 saturated carbocycles. The summed E-state index contributed by atoms with van der Waals surface area (Å²) in [5, 5.41) is -1.55. The second-order valence-corrected chi connectivity index (χ2v) is 6.35. The number of esters is 1. The van der Waals surface area contributed by atoms with Gasteiger partial charge in [0.1, 0.15) is 0 Å². The number of hydrogen-bond acceptors (Lipinski definition) is 5. The largest absolute Gasteiger partial charge is 0.465 e. The van der Waals surface area contributed by atoms with Crippen LogP contribution < -0.4 is 0 Å². The van der Waals surface area contributed by atoms with Crippen molar-refractivity contribution in [2.45, 2.75) is 37.2 Å². The lowest BCUT2D eigenvalue weighted by Crippen LogP contribution is -2.39. The second kappa shape index (κ2) is 5.63. The first-order valence-corrected chi connectivity index (χ1v) is 7.08. The van der Waals surface area contributed by atoms with E-state index >= 15 is 0 Å². The van der Waals surface area contributed by atoms with Gasteiger partial charge in [-0.15, -0.1) is 0 Å². The monoisotopic (exact) mass is 250 g/mol. The molecule has 0 N–H and O–H groups in total. The van der Waals surface area contributed by atoms with Crippen LogP contribution in [0, 0.1) is 0 Å². The predicted molar refractivity (Wildman–Crippen MR) is 58.9 cm³/mol. The molecule has 1 fully saturated rings. The number of carbonyl (C=O) groups excluding carboxylic acids is 1. The summed E-state index contributed by atoms with van der Waals surface area (Å²) in [6, 6.07) is 0. The molecule has 0 aromatic rings. The molecule has 0 bridgehead atoms. The summed E-state index contributed by atoms with van der Waals surface area (Å²) in [6.45, 7) is 4.14. The minimum absolute atomic E-state index is 0.201. The van der Waals surface area contributed by atoms with E-state index in [1.807, 2.05) is 0 Å². The summed E-state index contributed by atoms with van der Waals surface area (Å²) in [7, 11) is -3.44. The van der Waals surface area contributed by atoms with E-state index in [1.165, 1.54) is 6.92 Å². The smallest absolute Gasteiger partial charge is 0.324 e. The molecule has 1 heterocycles. The molecule has 0 aromatic carbocycles. The maximum absolute atomic E-state index is 12.0. The van der Waals surface area contributed by atoms with Crippen LogP contribution in [-0.4, -0.2) is 44.7 Å². The van der Waals surface area contributed by atoms with Crippen molar-refractivity contribution >= 4 is 15.8 Å². The Morgan fingerprint density at radius 1 is 1.44 bits per heavy atom. The lowest BCUT2D eigenvalue weighted by atomic mass is 10.2. The number of hydrogen-bond donors (Lipinski definition) is 0. The number of rotatable bonds is 4. The minimum atomic E-state index is -3.44. The van der Waals surface area contributed by atoms with Gasteiger partial charge in [-0.2, -0.15) is 0 Å². The zero-order valence-electron chi connectivity index (χ0n) is 9.64. The van der Waals surface area contributed by atoms with Crippen molar-refractivity contribution < 1.29 is 22.7 Å². The van der Waals surface area contributed by atoms with Crippen molar-refractivity contribution in [2.24, 2.45) is 0 Å². The van der Waals surface area contributed by atoms with Gasteiger partial charge in [0.05, 0.1) is 11.9 Å². The molecule has 0 aliphatic carbocycles. The average molecular weight is 250 g/mol. The van der Waals surface area contributed by atoms with Crippen molar-refractivity contribution in [3.05, 3.63) is 0 Å². The maximum Gasteiger partial charge on any atom is 0.324 e. The summed E-state index contributed by atoms with van der Waals surface area (Å²) in [6.07, 6.45) is 0.929. The highest BCUT2D eigenvalue weighted by molar-refractivity contribution is 7.93. The Balaban J connectivity index is 2.71. The van der Waals surface area contributed by atoms with Gasteiger partial charge >= 0.3 is 5.97 Å². The van der Waals surface area contributed by atoms with Gasteiger partial charge in [-0.05, 0) is 26.7 Å². The Morgan fingerprint density at radius 3 is 2.50 bits per heavy atom. The van der Waals surface area contributed by atoms with Crippen LogP contribution in [0.15, 0.2) is 0 Å². The topological polar surface area (TPSA) is 69.7 Å². The van der Waals surface area contributed by atoms with Crippen LogP contribution in [0.1, 0.15) is 26.7 Å². The lowest BCUT2D eigenvalue weighted by Gasteiger charge is -2.24. The van der Waals surface area contributed by atoms with Crippen molar-refractivity contribution in [2.75, 3.05) is 19.8 Å². The average Bonchev–Trinajstić information content (AvgIpc) is 2.29. The summed E-state index contributed by atoms with van der Waals surface area (Å²) in [5.41, 5.74) is 0. The Labute approximate surface area is 96.0 Å². The summed E-state index contributed by atoms with van der Waals surface area (Å²) < 4.78 is 33.9. The van der Waals surface area contributed by atoms with Crippen molar-refractivity contribution in [1.82, 2.24) is 0 Å². The van der Waals surface area contributed by atoms with Crippen LogP contribution in [0.4, 0.5) is 0 Å². The fourth-order valence-electron chi connectivity index (χ4n) is 1.69. The van der Waals surface area contributed by atoms with E-state index < -0.39 is 26.3 Å². The molecule has 6 heteroatoms. The molecule has 94 valence electrons. The van der Waals surface area contributed by atoms with Gasteiger partial charge in [0, 0.05) is 13.2 Å². The zero-order chi connectivity index (χ0) is 12.2. The van der Waals surface area contributed by atoms with Crippen molar-refractivity contribution in [3.63, 3.8) is 0 Å². The fraction of sp³-hybridized carbons (Fsp3) is 0.900. The molecule has 0 aromatic heterocycles. The number of carbonyl (C=O) groups is 1. The molecule has 1 unspecified atom stereocenters. The number of sulfone groups is 1. The highest BCUT2D eigenvalue weighted by Gasteiger charge is 2.37. The van der Waals surface area contributed by atoms with E-state index in [0.29, 0.717) is 26.1 Å². The SMILES string of the molecule is CCOC(=O)C(C)S(=O)(=O)C1CCOCC1. The molecule has 1 saturated heterocycles. The number of ether oxygens (including phenoxy) is 2. The van der Waals surface area contributed by atoms with Crippen LogP contribution in [0.2, 0.25) is 0 Å². The first kappa shape index (κ1) is 13.4. The minimum Gasteiger partial charge on any atom is -0.465 e. The first-order chi connectivity index (χ1) is 7.50. The van der Waals surface area contributed by atoms with Crippen LogP contribution in [0.3, 0.4) is 0 Å². The van der Waals surface area contributed by atoms with Gasteiger partial charge in [0.25, 0.3) is 0 Å². The van der Waals surface area contributed by atoms with Crippen molar-refractivity contribution in [3.8, 4) is 0 Å². The molecule has 0 radical (unpaired) electrons. The molecule has 0 spiro atoms. The Morgan fingerprint density at radius 2 is 2.00 bits per heavy atom. The molecule has 1 rings (SSSR count). The van der Waals surface area contributed by atoms with Gasteiger partial charge in [0.2, 0.25) is 0 Å². The van der Waals surface area contributed by atoms with E-state index in [2.05, 4.69) is 0 Å². The summed E-state index contributed by atoms with van der Waals surface area (Å²) >= 11 is 0. The quantitative estimate of drug-likeness (QED) is 0.681. The van der Waals surface area contributed by atoms with E-state index in [-0.39, 0.29) is 6.61 Å². The molecular weight excluding hydrogens is 232 g/mol. The van der Waals surface area contributed by atoms with Crippen LogP contribution in [0.5, 0.6) is 0 Å². The molecule has 0 amide bonds. The Hall–Kier alpha value is -0.620. The van der Waals surface area contributed by atoms with Crippen LogP contribution in [0.25, 0.3) is 0 Å².